The molecule has 0 saturated heterocycles. The first-order valence-electron chi connectivity index (χ1n) is 3.12. The molecule has 0 aromatic heterocycles. The maximum atomic E-state index is 8.93. The Hall–Kier alpha value is 1.10. The van der Waals surface area contributed by atoms with Gasteiger partial charge >= 0.3 is 37.7 Å². The third kappa shape index (κ3) is 208. The third-order valence-electron chi connectivity index (χ3n) is 0.1000. The van der Waals surface area contributed by atoms with Gasteiger partial charge in [0.2, 0.25) is 0 Å². The fraction of sp³-hybridized carbons (Fsp3) is 1.00. The predicted molar refractivity (Wildman–Crippen MR) is 41.0 cm³/mol. The average Bonchev–Trinajstić information content (AvgIpc) is 1.91. The van der Waals surface area contributed by atoms with Gasteiger partial charge in [0.1, 0.15) is 0 Å². The van der Waals surface area contributed by atoms with Gasteiger partial charge in [-0.25, -0.2) is 0 Å². The first-order valence-corrected chi connectivity index (χ1v) is 3.12. The molecule has 0 aliphatic heterocycles. The van der Waals surface area contributed by atoms with Crippen LogP contribution >= 0.6 is 0 Å². The van der Waals surface area contributed by atoms with Crippen LogP contribution in [0.5, 0.6) is 0 Å². The summed E-state index contributed by atoms with van der Waals surface area (Å²) in [6.07, 6.45) is 0. The van der Waals surface area contributed by atoms with E-state index in [-0.39, 0.29) is 64.2 Å². The van der Waals surface area contributed by atoms with Crippen LogP contribution in [0.25, 0.3) is 0 Å². The van der Waals surface area contributed by atoms with Crippen molar-refractivity contribution in [2.24, 2.45) is 0 Å². The van der Waals surface area contributed by atoms with Crippen molar-refractivity contribution in [2.45, 2.75) is 13.8 Å². The van der Waals surface area contributed by atoms with Gasteiger partial charge in [-0.05, 0) is 0 Å². The average molecular weight is 192 g/mol. The van der Waals surface area contributed by atoms with E-state index in [1.54, 1.807) is 13.8 Å². The molecule has 4 nitrogen and oxygen atoms in total. The third-order valence-corrected chi connectivity index (χ3v) is 0.1000. The maximum Gasteiger partial charge on any atom is 2.00 e. The smallest absolute Gasteiger partial charge is 0.855 e. The van der Waals surface area contributed by atoms with E-state index < -0.39 is 0 Å². The Bertz CT molecular complexity index is 26.5. The van der Waals surface area contributed by atoms with Gasteiger partial charge in [0.25, 0.3) is 0 Å². The van der Waals surface area contributed by atoms with E-state index in [0.29, 0.717) is 0 Å². The van der Waals surface area contributed by atoms with Gasteiger partial charge in [-0.3, -0.25) is 0 Å². The van der Waals surface area contributed by atoms with Crippen LogP contribution in [0.15, 0.2) is 0 Å². The van der Waals surface area contributed by atoms with Crippen LogP contribution in [0.2, 0.25) is 0 Å². The summed E-state index contributed by atoms with van der Waals surface area (Å²) in [7, 11) is 0. The van der Waals surface area contributed by atoms with Crippen LogP contribution in [0.4, 0.5) is 0 Å². The molecule has 0 rings (SSSR count). The molecule has 0 aliphatic rings. The molecule has 0 radical (unpaired) electrons. The molecule has 0 heterocycles. The van der Waals surface area contributed by atoms with Crippen molar-refractivity contribution in [1.29, 1.82) is 0 Å². The molecule has 0 fully saturated rings. The van der Waals surface area contributed by atoms with Gasteiger partial charge in [0.15, 0.2) is 0 Å². The Morgan fingerprint density at radius 1 is 0.909 bits per heavy atom. The number of aliphatic hydroxyl groups is 2. The van der Waals surface area contributed by atoms with Gasteiger partial charge < -0.3 is 20.4 Å². The Labute approximate surface area is 97.9 Å². The van der Waals surface area contributed by atoms with Crippen molar-refractivity contribution < 1.29 is 20.4 Å². The molecular formula is C6H16CaO4. The summed E-state index contributed by atoms with van der Waals surface area (Å²) in [6, 6.07) is 0. The molecule has 66 valence electrons. The van der Waals surface area contributed by atoms with E-state index in [1.807, 2.05) is 0 Å². The summed E-state index contributed by atoms with van der Waals surface area (Å²) >= 11 is 0. The van der Waals surface area contributed by atoms with Gasteiger partial charge in [0, 0.05) is 0 Å². The van der Waals surface area contributed by atoms with E-state index in [2.05, 4.69) is 0 Å². The summed E-state index contributed by atoms with van der Waals surface area (Å²) in [6.45, 7) is 2.89. The molecule has 0 saturated carbocycles. The van der Waals surface area contributed by atoms with Gasteiger partial charge in [-0.15, -0.1) is 13.2 Å². The molecule has 0 bridgehead atoms. The molecule has 0 spiro atoms. The van der Waals surface area contributed by atoms with E-state index in [0.717, 1.165) is 0 Å². The van der Waals surface area contributed by atoms with Crippen LogP contribution in [0.1, 0.15) is 13.8 Å². The van der Waals surface area contributed by atoms with Crippen LogP contribution in [-0.2, 0) is 0 Å². The molecule has 0 aromatic carbocycles. The predicted octanol–water partition coefficient (Wildman–Crippen LogP) is -2.68. The second-order valence-electron chi connectivity index (χ2n) is 1.02. The largest absolute Gasteiger partial charge is 2.00 e. The summed E-state index contributed by atoms with van der Waals surface area (Å²) in [5.41, 5.74) is 0. The van der Waals surface area contributed by atoms with Crippen molar-refractivity contribution in [3.8, 4) is 0 Å². The van der Waals surface area contributed by atoms with Crippen LogP contribution in [0, 0.1) is 0 Å². The summed E-state index contributed by atoms with van der Waals surface area (Å²) in [5, 5.41) is 33.1. The Balaban J connectivity index is -0.0000000325. The molecule has 0 aliphatic carbocycles. The van der Waals surface area contributed by atoms with E-state index in [9.17, 15) is 0 Å². The van der Waals surface area contributed by atoms with Crippen LogP contribution in [-0.4, -0.2) is 74.4 Å². The van der Waals surface area contributed by atoms with Crippen molar-refractivity contribution in [2.75, 3.05) is 26.4 Å². The number of rotatable bonds is 1. The fourth-order valence-electron chi connectivity index (χ4n) is 0. The van der Waals surface area contributed by atoms with Gasteiger partial charge in [0.05, 0.1) is 13.2 Å². The fourth-order valence-corrected chi connectivity index (χ4v) is 0. The standard InChI is InChI=1S/C2H6O2.2C2H5O.Ca/c3-1-2-4;2*1-2-3;/h3-4H,1-2H2;2*2H2,1H3;/q;2*-1;+2. The van der Waals surface area contributed by atoms with Crippen molar-refractivity contribution in [3.63, 3.8) is 0 Å². The summed E-state index contributed by atoms with van der Waals surface area (Å²) in [5.74, 6) is 0. The van der Waals surface area contributed by atoms with Crippen molar-refractivity contribution in [1.82, 2.24) is 0 Å². The molecule has 0 unspecified atom stereocenters. The molecule has 0 amide bonds. The van der Waals surface area contributed by atoms with Crippen LogP contribution < -0.4 is 10.2 Å². The zero-order valence-electron chi connectivity index (χ0n) is 7.25. The normalized spacial score (nSPS) is 6.00. The number of hydrogen-bond donors (Lipinski definition) is 2. The van der Waals surface area contributed by atoms with Crippen LogP contribution in [0.3, 0.4) is 0 Å². The summed E-state index contributed by atoms with van der Waals surface area (Å²) < 4.78 is 0. The first kappa shape index (κ1) is 22.7. The van der Waals surface area contributed by atoms with Gasteiger partial charge in [-0.1, -0.05) is 13.8 Å². The van der Waals surface area contributed by atoms with Crippen molar-refractivity contribution in [3.05, 3.63) is 0 Å². The monoisotopic (exact) mass is 192 g/mol. The number of hydrogen-bond acceptors (Lipinski definition) is 4. The minimum absolute atomic E-state index is 0. The molecule has 11 heavy (non-hydrogen) atoms. The molecule has 0 aromatic rings. The first-order chi connectivity index (χ1) is 4.74. The topological polar surface area (TPSA) is 86.6 Å². The minimum Gasteiger partial charge on any atom is -0.855 e. The van der Waals surface area contributed by atoms with E-state index in [1.165, 1.54) is 0 Å². The van der Waals surface area contributed by atoms with E-state index in [4.69, 9.17) is 20.4 Å². The second kappa shape index (κ2) is 43.5. The van der Waals surface area contributed by atoms with Crippen molar-refractivity contribution >= 4 is 37.7 Å². The zero-order valence-corrected chi connectivity index (χ0v) is 9.45. The SMILES string of the molecule is CC[O-].CC[O-].OCCO.[Ca+2]. The molecule has 0 atom stereocenters. The zero-order chi connectivity index (χ0) is 8.83. The molecule has 5 heteroatoms. The Kier molecular flexibility index (Phi) is 89.9. The van der Waals surface area contributed by atoms with E-state index >= 15 is 0 Å². The quantitative estimate of drug-likeness (QED) is 0.443. The minimum atomic E-state index is -0.125. The molecular weight excluding hydrogens is 176 g/mol. The van der Waals surface area contributed by atoms with Gasteiger partial charge in [-0.2, -0.15) is 0 Å². The second-order valence-corrected chi connectivity index (χ2v) is 1.02. The maximum absolute atomic E-state index is 8.93. The molecule has 2 N–H and O–H groups in total. The Morgan fingerprint density at radius 2 is 1.00 bits per heavy atom. The number of aliphatic hydroxyl groups excluding tert-OH is 2. The summed E-state index contributed by atoms with van der Waals surface area (Å²) in [4.78, 5) is 0. The Morgan fingerprint density at radius 3 is 1.00 bits per heavy atom.